The maximum absolute atomic E-state index is 14.6. The van der Waals surface area contributed by atoms with E-state index in [1.165, 1.54) is 23.1 Å². The van der Waals surface area contributed by atoms with E-state index in [0.29, 0.717) is 24.4 Å². The molecule has 208 valence electrons. The van der Waals surface area contributed by atoms with Gasteiger partial charge in [0.05, 0.1) is 35.2 Å². The van der Waals surface area contributed by atoms with Crippen molar-refractivity contribution in [3.63, 3.8) is 0 Å². The second-order valence-corrected chi connectivity index (χ2v) is 9.98. The molecule has 0 radical (unpaired) electrons. The maximum Gasteiger partial charge on any atom is 0.320 e. The zero-order valence-electron chi connectivity index (χ0n) is 22.1. The van der Waals surface area contributed by atoms with Crippen LogP contribution in [-0.4, -0.2) is 87.7 Å². The molecule has 0 saturated carbocycles. The number of likely N-dealkylation sites (N-methyl/N-ethyl adjacent to an activating group) is 1. The van der Waals surface area contributed by atoms with Crippen LogP contribution in [0.1, 0.15) is 19.3 Å². The fraction of sp³-hybridized carbons (Fsp3) is 0.393. The van der Waals surface area contributed by atoms with Gasteiger partial charge >= 0.3 is 6.01 Å². The van der Waals surface area contributed by atoms with E-state index < -0.39 is 23.6 Å². The van der Waals surface area contributed by atoms with Gasteiger partial charge in [-0.05, 0) is 50.7 Å². The third kappa shape index (κ3) is 5.37. The lowest BCUT2D eigenvalue weighted by Crippen LogP contribution is -2.55. The van der Waals surface area contributed by atoms with Crippen molar-refractivity contribution in [3.05, 3.63) is 48.6 Å². The van der Waals surface area contributed by atoms with Gasteiger partial charge in [0.15, 0.2) is 11.5 Å². The Bertz CT molecular complexity index is 1470. The Morgan fingerprint density at radius 1 is 1.20 bits per heavy atom. The van der Waals surface area contributed by atoms with Gasteiger partial charge in [0, 0.05) is 25.7 Å². The number of carbonyl (C=O) groups is 1. The molecule has 2 unspecified atom stereocenters. The first kappa shape index (κ1) is 27.2. The molecule has 0 bridgehead atoms. The average Bonchev–Trinajstić information content (AvgIpc) is 3.35. The van der Waals surface area contributed by atoms with E-state index >= 15 is 0 Å². The number of likely N-dealkylation sites (tertiary alicyclic amines) is 1. The van der Waals surface area contributed by atoms with E-state index in [4.69, 9.17) is 4.74 Å². The van der Waals surface area contributed by atoms with Gasteiger partial charge in [0.2, 0.25) is 0 Å². The second-order valence-electron chi connectivity index (χ2n) is 9.98. The minimum absolute atomic E-state index is 0.00906. The normalized spacial score (nSPS) is 19.6. The van der Waals surface area contributed by atoms with E-state index in [-0.39, 0.29) is 54.2 Å². The number of aromatic nitrogens is 3. The van der Waals surface area contributed by atoms with Crippen LogP contribution in [0.3, 0.4) is 0 Å². The lowest BCUT2D eigenvalue weighted by atomic mass is 10.1. The highest BCUT2D eigenvalue weighted by molar-refractivity contribution is 5.92. The number of phenolic OH excluding ortho intramolecular Hbond substituents is 1. The van der Waals surface area contributed by atoms with Gasteiger partial charge in [-0.1, -0.05) is 12.6 Å². The number of anilines is 1. The van der Waals surface area contributed by atoms with Crippen molar-refractivity contribution >= 4 is 22.8 Å². The highest BCUT2D eigenvalue weighted by Gasteiger charge is 2.33. The highest BCUT2D eigenvalue weighted by Crippen LogP contribution is 2.34. The fourth-order valence-corrected chi connectivity index (χ4v) is 5.30. The first-order valence-corrected chi connectivity index (χ1v) is 13.0. The number of piperazine rings is 1. The SMILES string of the molecule is C=C(F)C(=O)N1CCN(c2nc(OCC3CCCN3C)nc3nc(-c4c(O)cccc4F)ccc23)CC1CC#N. The largest absolute Gasteiger partial charge is 0.507 e. The number of rotatable bonds is 7. The van der Waals surface area contributed by atoms with Crippen LogP contribution in [0.4, 0.5) is 14.6 Å². The summed E-state index contributed by atoms with van der Waals surface area (Å²) >= 11 is 0. The lowest BCUT2D eigenvalue weighted by molar-refractivity contribution is -0.131. The summed E-state index contributed by atoms with van der Waals surface area (Å²) in [6.45, 7) is 5.11. The summed E-state index contributed by atoms with van der Waals surface area (Å²) in [5.74, 6) is -2.34. The number of halogens is 2. The predicted octanol–water partition coefficient (Wildman–Crippen LogP) is 3.42. The lowest BCUT2D eigenvalue weighted by Gasteiger charge is -2.41. The van der Waals surface area contributed by atoms with Gasteiger partial charge in [-0.3, -0.25) is 4.79 Å². The summed E-state index contributed by atoms with van der Waals surface area (Å²) in [4.78, 5) is 31.5. The molecule has 2 saturated heterocycles. The molecule has 0 spiro atoms. The summed E-state index contributed by atoms with van der Waals surface area (Å²) in [6, 6.07) is 9.04. The van der Waals surface area contributed by atoms with Crippen LogP contribution in [-0.2, 0) is 4.79 Å². The van der Waals surface area contributed by atoms with Gasteiger partial charge in [0.25, 0.3) is 5.91 Å². The molecule has 2 aliphatic heterocycles. The third-order valence-corrected chi connectivity index (χ3v) is 7.45. The number of pyridine rings is 1. The van der Waals surface area contributed by atoms with E-state index in [1.807, 2.05) is 11.9 Å². The zero-order valence-corrected chi connectivity index (χ0v) is 22.1. The maximum atomic E-state index is 14.6. The number of nitriles is 1. The minimum atomic E-state index is -1.08. The van der Waals surface area contributed by atoms with Crippen molar-refractivity contribution < 1.29 is 23.4 Å². The molecule has 3 aromatic rings. The van der Waals surface area contributed by atoms with Crippen molar-refractivity contribution in [2.75, 3.05) is 44.7 Å². The van der Waals surface area contributed by atoms with E-state index in [2.05, 4.69) is 32.5 Å². The average molecular weight is 550 g/mol. The molecule has 1 aromatic carbocycles. The molecule has 1 N–H and O–H groups in total. The van der Waals surface area contributed by atoms with Crippen LogP contribution in [0.25, 0.3) is 22.3 Å². The number of hydrogen-bond acceptors (Lipinski definition) is 9. The van der Waals surface area contributed by atoms with Gasteiger partial charge < -0.3 is 24.5 Å². The Labute approximate surface area is 230 Å². The van der Waals surface area contributed by atoms with Crippen LogP contribution in [0.2, 0.25) is 0 Å². The van der Waals surface area contributed by atoms with Crippen LogP contribution >= 0.6 is 0 Å². The molecule has 40 heavy (non-hydrogen) atoms. The Morgan fingerprint density at radius 3 is 2.73 bits per heavy atom. The summed E-state index contributed by atoms with van der Waals surface area (Å²) in [5.41, 5.74) is 0.369. The molecule has 2 fully saturated rings. The molecule has 0 aliphatic carbocycles. The molecular formula is C28H29F2N7O3. The molecule has 10 nitrogen and oxygen atoms in total. The Balaban J connectivity index is 1.54. The smallest absolute Gasteiger partial charge is 0.320 e. The van der Waals surface area contributed by atoms with Crippen molar-refractivity contribution in [1.82, 2.24) is 24.8 Å². The summed E-state index contributed by atoms with van der Waals surface area (Å²) in [5, 5.41) is 20.2. The standard InChI is InChI=1S/C28H29F2N7O3/c1-17(29)27(39)37-14-13-36(15-18(37)10-11-31)26-20-8-9-22(24-21(30)6-3-7-23(24)38)32-25(20)33-28(34-26)40-16-19-5-4-12-35(19)2/h3,6-9,18-19,38H,1,4-5,10,12-16H2,2H3. The topological polar surface area (TPSA) is 119 Å². The molecule has 4 heterocycles. The van der Waals surface area contributed by atoms with Crippen molar-refractivity contribution in [2.45, 2.75) is 31.3 Å². The number of amides is 1. The summed E-state index contributed by atoms with van der Waals surface area (Å²) in [7, 11) is 2.03. The molecule has 2 aromatic heterocycles. The van der Waals surface area contributed by atoms with Crippen molar-refractivity contribution in [3.8, 4) is 29.1 Å². The number of benzene rings is 1. The van der Waals surface area contributed by atoms with Gasteiger partial charge in [-0.2, -0.15) is 15.2 Å². The van der Waals surface area contributed by atoms with Crippen molar-refractivity contribution in [2.24, 2.45) is 0 Å². The van der Waals surface area contributed by atoms with E-state index in [0.717, 1.165) is 19.4 Å². The molecular weight excluding hydrogens is 520 g/mol. The van der Waals surface area contributed by atoms with Crippen LogP contribution < -0.4 is 9.64 Å². The van der Waals surface area contributed by atoms with Crippen LogP contribution in [0, 0.1) is 17.1 Å². The third-order valence-electron chi connectivity index (χ3n) is 7.45. The molecule has 2 aliphatic rings. The number of ether oxygens (including phenoxy) is 1. The quantitative estimate of drug-likeness (QED) is 0.442. The minimum Gasteiger partial charge on any atom is -0.507 e. The highest BCUT2D eigenvalue weighted by atomic mass is 19.1. The second kappa shape index (κ2) is 11.4. The number of nitrogens with zero attached hydrogens (tertiary/aromatic N) is 7. The van der Waals surface area contributed by atoms with Gasteiger partial charge in [0.1, 0.15) is 24.0 Å². The number of phenols is 1. The summed E-state index contributed by atoms with van der Waals surface area (Å²) < 4.78 is 34.3. The molecule has 1 amide bonds. The van der Waals surface area contributed by atoms with E-state index in [9.17, 15) is 23.9 Å². The number of aromatic hydroxyl groups is 1. The van der Waals surface area contributed by atoms with E-state index in [1.54, 1.807) is 12.1 Å². The van der Waals surface area contributed by atoms with Crippen LogP contribution in [0.15, 0.2) is 42.7 Å². The van der Waals surface area contributed by atoms with Crippen molar-refractivity contribution in [1.29, 1.82) is 5.26 Å². The fourth-order valence-electron chi connectivity index (χ4n) is 5.30. The summed E-state index contributed by atoms with van der Waals surface area (Å²) in [6.07, 6.45) is 2.04. The van der Waals surface area contributed by atoms with Crippen LogP contribution in [0.5, 0.6) is 11.8 Å². The first-order chi connectivity index (χ1) is 19.3. The Kier molecular flexibility index (Phi) is 7.75. The Hall–Kier alpha value is -4.37. The predicted molar refractivity (Wildman–Crippen MR) is 144 cm³/mol. The monoisotopic (exact) mass is 549 g/mol. The first-order valence-electron chi connectivity index (χ1n) is 13.0. The Morgan fingerprint density at radius 2 is 2.02 bits per heavy atom. The zero-order chi connectivity index (χ0) is 28.4. The molecule has 5 rings (SSSR count). The van der Waals surface area contributed by atoms with Gasteiger partial charge in [-0.25, -0.2) is 13.8 Å². The number of fused-ring (bicyclic) bond motifs is 1. The molecule has 2 atom stereocenters. The number of hydrogen-bond donors (Lipinski definition) is 1. The number of carbonyl (C=O) groups excluding carboxylic acids is 1. The van der Waals surface area contributed by atoms with Gasteiger partial charge in [-0.15, -0.1) is 0 Å². The molecule has 12 heteroatoms.